The van der Waals surface area contributed by atoms with Crippen molar-refractivity contribution in [1.29, 1.82) is 0 Å². The third kappa shape index (κ3) is 3.89. The Morgan fingerprint density at radius 1 is 1.14 bits per heavy atom. The number of carboxylic acid groups (broad SMARTS) is 1. The number of aromatic carboxylic acids is 1. The van der Waals surface area contributed by atoms with Crippen LogP contribution in [0.4, 0.5) is 0 Å². The topological polar surface area (TPSA) is 80.5 Å². The molecule has 1 aliphatic heterocycles. The average Bonchev–Trinajstić information content (AvgIpc) is 3.15. The van der Waals surface area contributed by atoms with Gasteiger partial charge in [0, 0.05) is 25.2 Å². The fraction of sp³-hybridized carbons (Fsp3) is 0.286. The summed E-state index contributed by atoms with van der Waals surface area (Å²) in [4.78, 5) is 13.2. The molecule has 28 heavy (non-hydrogen) atoms. The molecule has 3 aromatic rings. The van der Waals surface area contributed by atoms with E-state index in [1.165, 1.54) is 0 Å². The third-order valence-corrected chi connectivity index (χ3v) is 4.89. The Balaban J connectivity index is 1.33. The summed E-state index contributed by atoms with van der Waals surface area (Å²) in [6.07, 6.45) is 1.99. The molecule has 1 N–H and O–H groups in total. The quantitative estimate of drug-likeness (QED) is 0.680. The van der Waals surface area contributed by atoms with Crippen LogP contribution < -0.4 is 4.74 Å². The molecule has 0 amide bonds. The maximum absolute atomic E-state index is 10.9. The Labute approximate surface area is 163 Å². The minimum atomic E-state index is -0.898. The number of likely N-dealkylation sites (tertiary alicyclic amines) is 1. The van der Waals surface area contributed by atoms with E-state index in [2.05, 4.69) is 15.2 Å². The van der Waals surface area contributed by atoms with Gasteiger partial charge in [-0.15, -0.1) is 5.10 Å². The first-order valence-corrected chi connectivity index (χ1v) is 9.32. The summed E-state index contributed by atoms with van der Waals surface area (Å²) in [6.45, 7) is 5.21. The Morgan fingerprint density at radius 2 is 1.86 bits per heavy atom. The van der Waals surface area contributed by atoms with E-state index in [9.17, 15) is 4.79 Å². The van der Waals surface area contributed by atoms with E-state index in [4.69, 9.17) is 9.84 Å². The maximum Gasteiger partial charge on any atom is 0.335 e. The Hall–Kier alpha value is -3.19. The van der Waals surface area contributed by atoms with Crippen molar-refractivity contribution >= 4 is 5.97 Å². The summed E-state index contributed by atoms with van der Waals surface area (Å²) in [5, 5.41) is 17.6. The van der Waals surface area contributed by atoms with E-state index in [1.807, 2.05) is 54.2 Å². The van der Waals surface area contributed by atoms with Gasteiger partial charge in [0.25, 0.3) is 0 Å². The molecular formula is C21H22N4O3. The molecule has 0 radical (unpaired) electrons. The van der Waals surface area contributed by atoms with Crippen LogP contribution in [-0.4, -0.2) is 50.7 Å². The molecule has 0 spiro atoms. The van der Waals surface area contributed by atoms with Crippen LogP contribution in [0.1, 0.15) is 28.9 Å². The molecule has 7 nitrogen and oxygen atoms in total. The molecule has 0 unspecified atom stereocenters. The minimum absolute atomic E-state index is 0.308. The monoisotopic (exact) mass is 378 g/mol. The summed E-state index contributed by atoms with van der Waals surface area (Å²) in [5.41, 5.74) is 3.29. The molecule has 2 heterocycles. The molecule has 0 bridgehead atoms. The van der Waals surface area contributed by atoms with E-state index in [0.717, 1.165) is 42.2 Å². The van der Waals surface area contributed by atoms with Crippen LogP contribution in [0.5, 0.6) is 5.75 Å². The second-order valence-corrected chi connectivity index (χ2v) is 6.89. The van der Waals surface area contributed by atoms with E-state index in [1.54, 1.807) is 12.1 Å². The normalized spacial score (nSPS) is 14.6. The Kier molecular flexibility index (Phi) is 5.08. The molecule has 0 atom stereocenters. The van der Waals surface area contributed by atoms with Gasteiger partial charge in [-0.3, -0.25) is 4.90 Å². The van der Waals surface area contributed by atoms with Crippen LogP contribution in [-0.2, 0) is 6.54 Å². The maximum atomic E-state index is 10.9. The zero-order valence-corrected chi connectivity index (χ0v) is 15.7. The highest BCUT2D eigenvalue weighted by Gasteiger charge is 2.29. The van der Waals surface area contributed by atoms with Crippen molar-refractivity contribution in [2.45, 2.75) is 19.5 Å². The number of carboxylic acids is 1. The number of benzene rings is 2. The van der Waals surface area contributed by atoms with Crippen molar-refractivity contribution in [3.63, 3.8) is 0 Å². The van der Waals surface area contributed by atoms with Gasteiger partial charge >= 0.3 is 5.97 Å². The van der Waals surface area contributed by atoms with Crippen molar-refractivity contribution in [1.82, 2.24) is 19.9 Å². The zero-order chi connectivity index (χ0) is 19.5. The lowest BCUT2D eigenvalue weighted by Crippen LogP contribution is -2.47. The van der Waals surface area contributed by atoms with Crippen molar-refractivity contribution in [3.8, 4) is 17.0 Å². The third-order valence-electron chi connectivity index (χ3n) is 4.89. The first-order chi connectivity index (χ1) is 13.6. The lowest BCUT2D eigenvalue weighted by atomic mass is 10.1. The molecule has 7 heteroatoms. The number of aromatic nitrogens is 3. The van der Waals surface area contributed by atoms with Crippen molar-refractivity contribution in [3.05, 3.63) is 65.9 Å². The molecule has 0 aliphatic carbocycles. The van der Waals surface area contributed by atoms with Crippen LogP contribution in [0, 0.1) is 0 Å². The van der Waals surface area contributed by atoms with Crippen molar-refractivity contribution < 1.29 is 14.6 Å². The van der Waals surface area contributed by atoms with Crippen LogP contribution in [0.3, 0.4) is 0 Å². The second kappa shape index (κ2) is 7.82. The second-order valence-electron chi connectivity index (χ2n) is 6.89. The molecular weight excluding hydrogens is 356 g/mol. The van der Waals surface area contributed by atoms with E-state index in [-0.39, 0.29) is 0 Å². The smallest absolute Gasteiger partial charge is 0.335 e. The SMILES string of the molecule is CCOc1ccc(-c2cn(C3CN(Cc4ccc(C(=O)O)cc4)C3)nn2)cc1. The average molecular weight is 378 g/mol. The first-order valence-electron chi connectivity index (χ1n) is 9.32. The minimum Gasteiger partial charge on any atom is -0.494 e. The van der Waals surface area contributed by atoms with E-state index in [0.29, 0.717) is 18.2 Å². The van der Waals surface area contributed by atoms with E-state index < -0.39 is 5.97 Å². The number of hydrogen-bond acceptors (Lipinski definition) is 5. The van der Waals surface area contributed by atoms with Gasteiger partial charge in [0.15, 0.2) is 0 Å². The molecule has 1 saturated heterocycles. The van der Waals surface area contributed by atoms with Gasteiger partial charge in [-0.2, -0.15) is 0 Å². The number of nitrogens with zero attached hydrogens (tertiary/aromatic N) is 4. The Bertz CT molecular complexity index is 945. The lowest BCUT2D eigenvalue weighted by Gasteiger charge is -2.38. The van der Waals surface area contributed by atoms with Crippen molar-refractivity contribution in [2.75, 3.05) is 19.7 Å². The number of ether oxygens (including phenoxy) is 1. The molecule has 0 saturated carbocycles. The molecule has 144 valence electrons. The Morgan fingerprint density at radius 3 is 2.50 bits per heavy atom. The number of rotatable bonds is 7. The molecule has 1 fully saturated rings. The predicted molar refractivity (Wildman–Crippen MR) is 104 cm³/mol. The summed E-state index contributed by atoms with van der Waals surface area (Å²) in [6, 6.07) is 15.2. The molecule has 4 rings (SSSR count). The summed E-state index contributed by atoms with van der Waals surface area (Å²) >= 11 is 0. The van der Waals surface area contributed by atoms with E-state index >= 15 is 0 Å². The lowest BCUT2D eigenvalue weighted by molar-refractivity contribution is 0.0696. The van der Waals surface area contributed by atoms with Crippen molar-refractivity contribution in [2.24, 2.45) is 0 Å². The van der Waals surface area contributed by atoms with Gasteiger partial charge in [0.2, 0.25) is 0 Å². The zero-order valence-electron chi connectivity index (χ0n) is 15.7. The summed E-state index contributed by atoms with van der Waals surface area (Å²) in [7, 11) is 0. The van der Waals surface area contributed by atoms with Gasteiger partial charge < -0.3 is 9.84 Å². The summed E-state index contributed by atoms with van der Waals surface area (Å²) < 4.78 is 7.40. The first kappa shape index (κ1) is 18.2. The van der Waals surface area contributed by atoms with Gasteiger partial charge in [0.05, 0.1) is 24.4 Å². The number of carbonyl (C=O) groups is 1. The largest absolute Gasteiger partial charge is 0.494 e. The molecule has 2 aromatic carbocycles. The van der Waals surface area contributed by atoms with Gasteiger partial charge in [-0.1, -0.05) is 17.3 Å². The van der Waals surface area contributed by atoms with Crippen LogP contribution >= 0.6 is 0 Å². The van der Waals surface area contributed by atoms with Crippen LogP contribution in [0.15, 0.2) is 54.7 Å². The highest BCUT2D eigenvalue weighted by molar-refractivity contribution is 5.87. The fourth-order valence-electron chi connectivity index (χ4n) is 3.33. The van der Waals surface area contributed by atoms with Gasteiger partial charge in [-0.05, 0) is 48.9 Å². The molecule has 1 aromatic heterocycles. The van der Waals surface area contributed by atoms with Gasteiger partial charge in [-0.25, -0.2) is 9.48 Å². The number of hydrogen-bond donors (Lipinski definition) is 1. The van der Waals surface area contributed by atoms with Crippen LogP contribution in [0.25, 0.3) is 11.3 Å². The summed E-state index contributed by atoms with van der Waals surface area (Å²) in [5.74, 6) is -0.0465. The van der Waals surface area contributed by atoms with Crippen LogP contribution in [0.2, 0.25) is 0 Å². The van der Waals surface area contributed by atoms with Gasteiger partial charge in [0.1, 0.15) is 11.4 Å². The predicted octanol–water partition coefficient (Wildman–Crippen LogP) is 3.10. The fourth-order valence-corrected chi connectivity index (χ4v) is 3.33. The highest BCUT2D eigenvalue weighted by Crippen LogP contribution is 2.25. The molecule has 1 aliphatic rings. The standard InChI is InChI=1S/C21H22N4O3/c1-2-28-19-9-7-16(8-10-19)20-14-25(23-22-20)18-12-24(13-18)11-15-3-5-17(6-4-15)21(26)27/h3-10,14,18H,2,11-13H2,1H3,(H,26,27). The highest BCUT2D eigenvalue weighted by atomic mass is 16.5.